The van der Waals surface area contributed by atoms with Gasteiger partial charge in [0.1, 0.15) is 10.6 Å². The van der Waals surface area contributed by atoms with Gasteiger partial charge in [-0.2, -0.15) is 0 Å². The molecular formula is C14H20ClN3O3S. The summed E-state index contributed by atoms with van der Waals surface area (Å²) >= 11 is 5.74. The Morgan fingerprint density at radius 3 is 2.86 bits per heavy atom. The zero-order valence-electron chi connectivity index (χ0n) is 12.9. The summed E-state index contributed by atoms with van der Waals surface area (Å²) in [5.41, 5.74) is -0.538. The van der Waals surface area contributed by atoms with Gasteiger partial charge >= 0.3 is 6.09 Å². The van der Waals surface area contributed by atoms with E-state index in [1.807, 2.05) is 20.8 Å². The van der Waals surface area contributed by atoms with E-state index in [9.17, 15) is 9.00 Å². The molecule has 0 aliphatic carbocycles. The lowest BCUT2D eigenvalue weighted by Crippen LogP contribution is -2.45. The number of carbonyl (C=O) groups excluding carboxylic acids is 1. The third kappa shape index (κ3) is 4.64. The van der Waals surface area contributed by atoms with Crippen LogP contribution in [0.3, 0.4) is 0 Å². The molecule has 1 fully saturated rings. The van der Waals surface area contributed by atoms with Crippen LogP contribution in [-0.4, -0.2) is 49.1 Å². The predicted octanol–water partition coefficient (Wildman–Crippen LogP) is 2.64. The van der Waals surface area contributed by atoms with Crippen molar-refractivity contribution in [2.24, 2.45) is 0 Å². The second kappa shape index (κ2) is 6.91. The SMILES string of the molecule is CC(C)(C)OC(=O)N1CCC[C@@H]([S@](=O)c2ccnc(Cl)n2)C1. The molecule has 1 aliphatic heterocycles. The minimum atomic E-state index is -1.33. The standard InChI is InChI=1S/C14H20ClN3O3S/c1-14(2,3)21-13(19)18-8-4-5-10(9-18)22(20)11-6-7-16-12(15)17-11/h6-7,10H,4-5,8-9H2,1-3H3/t10-,22+/m1/s1. The van der Waals surface area contributed by atoms with E-state index in [1.165, 1.54) is 6.20 Å². The number of likely N-dealkylation sites (tertiary alicyclic amines) is 1. The maximum atomic E-state index is 12.6. The Bertz CT molecular complexity index is 577. The summed E-state index contributed by atoms with van der Waals surface area (Å²) in [7, 11) is -1.33. The molecule has 122 valence electrons. The van der Waals surface area contributed by atoms with Crippen molar-refractivity contribution in [3.05, 3.63) is 17.5 Å². The molecule has 2 heterocycles. The maximum absolute atomic E-state index is 12.6. The molecule has 0 bridgehead atoms. The molecule has 2 atom stereocenters. The first-order valence-electron chi connectivity index (χ1n) is 7.13. The van der Waals surface area contributed by atoms with Crippen molar-refractivity contribution in [3.8, 4) is 0 Å². The number of halogens is 1. The minimum Gasteiger partial charge on any atom is -0.444 e. The first kappa shape index (κ1) is 17.1. The molecule has 1 amide bonds. The summed E-state index contributed by atoms with van der Waals surface area (Å²) in [6.45, 7) is 6.49. The summed E-state index contributed by atoms with van der Waals surface area (Å²) in [5.74, 6) is 0. The highest BCUT2D eigenvalue weighted by Gasteiger charge is 2.31. The summed E-state index contributed by atoms with van der Waals surface area (Å²) in [6.07, 6.45) is 2.67. The number of rotatable bonds is 2. The highest BCUT2D eigenvalue weighted by molar-refractivity contribution is 7.85. The summed E-state index contributed by atoms with van der Waals surface area (Å²) in [6, 6.07) is 1.59. The number of carbonyl (C=O) groups is 1. The van der Waals surface area contributed by atoms with Gasteiger partial charge in [0.25, 0.3) is 0 Å². The molecule has 2 rings (SSSR count). The van der Waals surface area contributed by atoms with E-state index in [4.69, 9.17) is 16.3 Å². The molecule has 0 radical (unpaired) electrons. The summed E-state index contributed by atoms with van der Waals surface area (Å²) in [4.78, 5) is 21.5. The molecule has 1 aromatic rings. The number of amides is 1. The second-order valence-electron chi connectivity index (χ2n) is 6.15. The van der Waals surface area contributed by atoms with E-state index in [0.717, 1.165) is 12.8 Å². The van der Waals surface area contributed by atoms with Gasteiger partial charge in [-0.1, -0.05) is 0 Å². The average Bonchev–Trinajstić information content (AvgIpc) is 2.45. The van der Waals surface area contributed by atoms with E-state index in [2.05, 4.69) is 9.97 Å². The van der Waals surface area contributed by atoms with Gasteiger partial charge in [-0.25, -0.2) is 14.8 Å². The number of nitrogens with zero attached hydrogens (tertiary/aromatic N) is 3. The van der Waals surface area contributed by atoms with Crippen LogP contribution in [0.1, 0.15) is 33.6 Å². The second-order valence-corrected chi connectivity index (χ2v) is 8.17. The van der Waals surface area contributed by atoms with Crippen LogP contribution in [0.4, 0.5) is 4.79 Å². The Morgan fingerprint density at radius 2 is 2.23 bits per heavy atom. The van der Waals surface area contributed by atoms with Crippen molar-refractivity contribution in [2.45, 2.75) is 49.5 Å². The van der Waals surface area contributed by atoms with Crippen LogP contribution in [-0.2, 0) is 15.5 Å². The minimum absolute atomic E-state index is 0.0747. The van der Waals surface area contributed by atoms with Crippen LogP contribution < -0.4 is 0 Å². The van der Waals surface area contributed by atoms with Crippen molar-refractivity contribution in [3.63, 3.8) is 0 Å². The van der Waals surface area contributed by atoms with Gasteiger partial charge in [0, 0.05) is 19.3 Å². The lowest BCUT2D eigenvalue weighted by atomic mass is 10.1. The third-order valence-electron chi connectivity index (χ3n) is 3.14. The van der Waals surface area contributed by atoms with Gasteiger partial charge in [0.05, 0.1) is 16.0 Å². The molecule has 6 nitrogen and oxygen atoms in total. The number of ether oxygens (including phenoxy) is 1. The Balaban J connectivity index is 2.04. The normalized spacial score (nSPS) is 20.5. The van der Waals surface area contributed by atoms with Gasteiger partial charge in [0.2, 0.25) is 5.28 Å². The van der Waals surface area contributed by atoms with Crippen molar-refractivity contribution < 1.29 is 13.7 Å². The summed E-state index contributed by atoms with van der Waals surface area (Å²) < 4.78 is 18.0. The fourth-order valence-electron chi connectivity index (χ4n) is 2.21. The number of piperidine rings is 1. The first-order valence-corrected chi connectivity index (χ1v) is 8.72. The molecule has 1 aliphatic rings. The van der Waals surface area contributed by atoms with Crippen LogP contribution in [0.5, 0.6) is 0 Å². The molecule has 8 heteroatoms. The lowest BCUT2D eigenvalue weighted by Gasteiger charge is -2.33. The quantitative estimate of drug-likeness (QED) is 0.608. The third-order valence-corrected chi connectivity index (χ3v) is 4.95. The van der Waals surface area contributed by atoms with Gasteiger partial charge in [-0.05, 0) is 51.3 Å². The van der Waals surface area contributed by atoms with Gasteiger partial charge in [-0.3, -0.25) is 4.21 Å². The zero-order valence-corrected chi connectivity index (χ0v) is 14.5. The van der Waals surface area contributed by atoms with Gasteiger partial charge in [0.15, 0.2) is 0 Å². The van der Waals surface area contributed by atoms with Gasteiger partial charge in [-0.15, -0.1) is 0 Å². The van der Waals surface area contributed by atoms with E-state index in [0.29, 0.717) is 18.1 Å². The monoisotopic (exact) mass is 345 g/mol. The molecule has 0 N–H and O–H groups in total. The fourth-order valence-corrected chi connectivity index (χ4v) is 3.81. The van der Waals surface area contributed by atoms with Gasteiger partial charge < -0.3 is 9.64 Å². The summed E-state index contributed by atoms with van der Waals surface area (Å²) in [5, 5.41) is 0.300. The van der Waals surface area contributed by atoms with Crippen LogP contribution in [0.2, 0.25) is 5.28 Å². The zero-order chi connectivity index (χ0) is 16.3. The van der Waals surface area contributed by atoms with Crippen LogP contribution >= 0.6 is 11.6 Å². The van der Waals surface area contributed by atoms with Crippen LogP contribution in [0.25, 0.3) is 0 Å². The molecule has 1 aromatic heterocycles. The predicted molar refractivity (Wildman–Crippen MR) is 84.3 cm³/mol. The molecule has 0 saturated carbocycles. The van der Waals surface area contributed by atoms with E-state index >= 15 is 0 Å². The highest BCUT2D eigenvalue weighted by Crippen LogP contribution is 2.21. The molecule has 0 spiro atoms. The highest BCUT2D eigenvalue weighted by atomic mass is 35.5. The largest absolute Gasteiger partial charge is 0.444 e. The molecular weight excluding hydrogens is 326 g/mol. The first-order chi connectivity index (χ1) is 10.3. The van der Waals surface area contributed by atoms with Crippen molar-refractivity contribution in [1.82, 2.24) is 14.9 Å². The maximum Gasteiger partial charge on any atom is 0.410 e. The van der Waals surface area contributed by atoms with Crippen molar-refractivity contribution in [2.75, 3.05) is 13.1 Å². The smallest absolute Gasteiger partial charge is 0.410 e. The van der Waals surface area contributed by atoms with Crippen LogP contribution in [0, 0.1) is 0 Å². The lowest BCUT2D eigenvalue weighted by molar-refractivity contribution is 0.0219. The van der Waals surface area contributed by atoms with E-state index in [-0.39, 0.29) is 16.6 Å². The molecule has 22 heavy (non-hydrogen) atoms. The number of hydrogen-bond donors (Lipinski definition) is 0. The molecule has 1 saturated heterocycles. The fraction of sp³-hybridized carbons (Fsp3) is 0.643. The number of hydrogen-bond acceptors (Lipinski definition) is 5. The van der Waals surface area contributed by atoms with E-state index in [1.54, 1.807) is 11.0 Å². The van der Waals surface area contributed by atoms with Crippen LogP contribution in [0.15, 0.2) is 17.3 Å². The topological polar surface area (TPSA) is 72.4 Å². The van der Waals surface area contributed by atoms with Crippen molar-refractivity contribution in [1.29, 1.82) is 0 Å². The Labute approximate surface area is 137 Å². The number of aromatic nitrogens is 2. The van der Waals surface area contributed by atoms with E-state index < -0.39 is 16.4 Å². The Kier molecular flexibility index (Phi) is 5.39. The molecule has 0 unspecified atom stereocenters. The Morgan fingerprint density at radius 1 is 1.50 bits per heavy atom. The Hall–Kier alpha value is -1.21. The average molecular weight is 346 g/mol. The van der Waals surface area contributed by atoms with Crippen molar-refractivity contribution >= 4 is 28.5 Å². The molecule has 0 aromatic carbocycles.